The Hall–Kier alpha value is -0.280. The van der Waals surface area contributed by atoms with E-state index in [0.717, 1.165) is 25.9 Å². The fraction of sp³-hybridized carbons (Fsp3) is 0.900. The van der Waals surface area contributed by atoms with Gasteiger partial charge in [-0.25, -0.2) is 0 Å². The maximum Gasteiger partial charge on any atom is 0.306 e. The van der Waals surface area contributed by atoms with E-state index in [1.807, 2.05) is 6.92 Å². The normalized spacial score (nSPS) is 21.9. The van der Waals surface area contributed by atoms with Crippen molar-refractivity contribution in [2.45, 2.75) is 32.6 Å². The van der Waals surface area contributed by atoms with Crippen molar-refractivity contribution in [2.24, 2.45) is 5.92 Å². The summed E-state index contributed by atoms with van der Waals surface area (Å²) in [6.07, 6.45) is 4.06. The van der Waals surface area contributed by atoms with Crippen molar-refractivity contribution >= 4 is 18.4 Å². The highest BCUT2D eigenvalue weighted by atomic mass is 35.5. The van der Waals surface area contributed by atoms with Gasteiger partial charge in [0.2, 0.25) is 0 Å². The van der Waals surface area contributed by atoms with Gasteiger partial charge in [-0.1, -0.05) is 0 Å². The summed E-state index contributed by atoms with van der Waals surface area (Å²) in [5.74, 6) is 0.503. The Morgan fingerprint density at radius 2 is 2.21 bits per heavy atom. The molecule has 0 saturated carbocycles. The standard InChI is InChI=1S/C10H19NO2.ClH/c1-2-13-10(12)8-9-4-3-6-11-7-5-9;/h9,11H,2-8H2,1H3;1H. The highest BCUT2D eigenvalue weighted by Gasteiger charge is 2.15. The van der Waals surface area contributed by atoms with E-state index in [-0.39, 0.29) is 18.4 Å². The van der Waals surface area contributed by atoms with E-state index in [0.29, 0.717) is 18.9 Å². The third-order valence-electron chi connectivity index (χ3n) is 2.46. The fourth-order valence-electron chi connectivity index (χ4n) is 1.75. The summed E-state index contributed by atoms with van der Waals surface area (Å²) in [6.45, 7) is 4.50. The quantitative estimate of drug-likeness (QED) is 0.738. The first kappa shape index (κ1) is 13.7. The first-order chi connectivity index (χ1) is 6.33. The number of hydrogen-bond donors (Lipinski definition) is 1. The van der Waals surface area contributed by atoms with E-state index in [9.17, 15) is 4.79 Å². The number of nitrogens with one attached hydrogen (secondary N) is 1. The first-order valence-corrected chi connectivity index (χ1v) is 5.19. The van der Waals surface area contributed by atoms with Crippen LogP contribution in [0, 0.1) is 5.92 Å². The lowest BCUT2D eigenvalue weighted by atomic mass is 9.97. The molecule has 14 heavy (non-hydrogen) atoms. The molecule has 0 radical (unpaired) electrons. The zero-order valence-electron chi connectivity index (χ0n) is 8.75. The highest BCUT2D eigenvalue weighted by molar-refractivity contribution is 5.85. The van der Waals surface area contributed by atoms with Gasteiger partial charge in [-0.3, -0.25) is 4.79 Å². The third kappa shape index (κ3) is 5.45. The Bertz CT molecular complexity index is 156. The second-order valence-corrected chi connectivity index (χ2v) is 3.56. The molecule has 84 valence electrons. The predicted octanol–water partition coefficient (Wildman–Crippen LogP) is 1.75. The second-order valence-electron chi connectivity index (χ2n) is 3.56. The molecule has 1 aliphatic rings. The van der Waals surface area contributed by atoms with Crippen LogP contribution in [0.25, 0.3) is 0 Å². The van der Waals surface area contributed by atoms with E-state index in [2.05, 4.69) is 5.32 Å². The molecule has 0 amide bonds. The molecule has 1 rings (SSSR count). The maximum absolute atomic E-state index is 11.2. The van der Waals surface area contributed by atoms with Crippen LogP contribution in [0.2, 0.25) is 0 Å². The number of hydrogen-bond acceptors (Lipinski definition) is 3. The van der Waals surface area contributed by atoms with Crippen molar-refractivity contribution in [2.75, 3.05) is 19.7 Å². The van der Waals surface area contributed by atoms with Crippen LogP contribution in [0.4, 0.5) is 0 Å². The molecule has 0 aromatic rings. The van der Waals surface area contributed by atoms with Gasteiger partial charge in [0.15, 0.2) is 0 Å². The number of carbonyl (C=O) groups is 1. The van der Waals surface area contributed by atoms with Crippen molar-refractivity contribution in [3.8, 4) is 0 Å². The molecule has 1 unspecified atom stereocenters. The lowest BCUT2D eigenvalue weighted by molar-refractivity contribution is -0.144. The van der Waals surface area contributed by atoms with Crippen molar-refractivity contribution in [1.82, 2.24) is 5.32 Å². The number of ether oxygens (including phenoxy) is 1. The second kappa shape index (κ2) is 8.06. The van der Waals surface area contributed by atoms with Crippen LogP contribution < -0.4 is 5.32 Å². The molecule has 1 aliphatic heterocycles. The summed E-state index contributed by atoms with van der Waals surface area (Å²) < 4.78 is 4.93. The minimum absolute atomic E-state index is 0. The van der Waals surface area contributed by atoms with Gasteiger partial charge >= 0.3 is 5.97 Å². The molecule has 1 atom stereocenters. The van der Waals surface area contributed by atoms with Crippen LogP contribution >= 0.6 is 12.4 Å². The maximum atomic E-state index is 11.2. The van der Waals surface area contributed by atoms with Crippen LogP contribution in [-0.2, 0) is 9.53 Å². The molecule has 0 aliphatic carbocycles. The minimum atomic E-state index is -0.0330. The van der Waals surface area contributed by atoms with Gasteiger partial charge in [0, 0.05) is 6.42 Å². The molecule has 1 saturated heterocycles. The van der Waals surface area contributed by atoms with E-state index in [1.165, 1.54) is 6.42 Å². The molecule has 0 bridgehead atoms. The van der Waals surface area contributed by atoms with Crippen LogP contribution in [-0.4, -0.2) is 25.7 Å². The van der Waals surface area contributed by atoms with Crippen molar-refractivity contribution < 1.29 is 9.53 Å². The fourth-order valence-corrected chi connectivity index (χ4v) is 1.75. The Morgan fingerprint density at radius 3 is 2.93 bits per heavy atom. The first-order valence-electron chi connectivity index (χ1n) is 5.19. The summed E-state index contributed by atoms with van der Waals surface area (Å²) in [6, 6.07) is 0. The molecule has 1 heterocycles. The van der Waals surface area contributed by atoms with E-state index in [1.54, 1.807) is 0 Å². The van der Waals surface area contributed by atoms with Crippen LogP contribution in [0.5, 0.6) is 0 Å². The molecule has 0 aromatic carbocycles. The van der Waals surface area contributed by atoms with Crippen LogP contribution in [0.1, 0.15) is 32.6 Å². The van der Waals surface area contributed by atoms with Gasteiger partial charge in [-0.2, -0.15) is 0 Å². The lowest BCUT2D eigenvalue weighted by Crippen LogP contribution is -2.15. The van der Waals surface area contributed by atoms with E-state index >= 15 is 0 Å². The number of carbonyl (C=O) groups excluding carboxylic acids is 1. The van der Waals surface area contributed by atoms with Crippen LogP contribution in [0.15, 0.2) is 0 Å². The van der Waals surface area contributed by atoms with Crippen molar-refractivity contribution in [3.05, 3.63) is 0 Å². The molecule has 0 spiro atoms. The average Bonchev–Trinajstić information content (AvgIpc) is 2.33. The summed E-state index contributed by atoms with van der Waals surface area (Å²) in [5, 5.41) is 3.33. The molecule has 1 N–H and O–H groups in total. The average molecular weight is 222 g/mol. The Balaban J connectivity index is 0.00000169. The molecule has 4 heteroatoms. The largest absolute Gasteiger partial charge is 0.466 e. The van der Waals surface area contributed by atoms with E-state index < -0.39 is 0 Å². The Morgan fingerprint density at radius 1 is 1.43 bits per heavy atom. The lowest BCUT2D eigenvalue weighted by Gasteiger charge is -2.11. The smallest absolute Gasteiger partial charge is 0.306 e. The molecular weight excluding hydrogens is 202 g/mol. The van der Waals surface area contributed by atoms with Gasteiger partial charge in [-0.15, -0.1) is 12.4 Å². The topological polar surface area (TPSA) is 38.3 Å². The zero-order valence-corrected chi connectivity index (χ0v) is 9.57. The van der Waals surface area contributed by atoms with E-state index in [4.69, 9.17) is 4.74 Å². The van der Waals surface area contributed by atoms with Gasteiger partial charge < -0.3 is 10.1 Å². The van der Waals surface area contributed by atoms with Crippen LogP contribution in [0.3, 0.4) is 0 Å². The van der Waals surface area contributed by atoms with Crippen molar-refractivity contribution in [1.29, 1.82) is 0 Å². The number of halogens is 1. The summed E-state index contributed by atoms with van der Waals surface area (Å²) in [4.78, 5) is 11.2. The molecule has 3 nitrogen and oxygen atoms in total. The number of esters is 1. The van der Waals surface area contributed by atoms with Gasteiger partial charge in [0.1, 0.15) is 0 Å². The monoisotopic (exact) mass is 221 g/mol. The van der Waals surface area contributed by atoms with Gasteiger partial charge in [0.05, 0.1) is 6.61 Å². The zero-order chi connectivity index (χ0) is 9.52. The minimum Gasteiger partial charge on any atom is -0.466 e. The SMILES string of the molecule is CCOC(=O)CC1CCCNCC1.Cl. The molecule has 1 fully saturated rings. The Labute approximate surface area is 92.0 Å². The predicted molar refractivity (Wildman–Crippen MR) is 58.7 cm³/mol. The highest BCUT2D eigenvalue weighted by Crippen LogP contribution is 2.17. The summed E-state index contributed by atoms with van der Waals surface area (Å²) in [5.41, 5.74) is 0. The van der Waals surface area contributed by atoms with Gasteiger partial charge in [0.25, 0.3) is 0 Å². The molecular formula is C10H20ClNO2. The van der Waals surface area contributed by atoms with Crippen molar-refractivity contribution in [3.63, 3.8) is 0 Å². The third-order valence-corrected chi connectivity index (χ3v) is 2.46. The Kier molecular flexibility index (Phi) is 7.90. The molecule has 0 aromatic heterocycles. The summed E-state index contributed by atoms with van der Waals surface area (Å²) in [7, 11) is 0. The number of rotatable bonds is 3. The van der Waals surface area contributed by atoms with Gasteiger partial charge in [-0.05, 0) is 45.2 Å². The summed E-state index contributed by atoms with van der Waals surface area (Å²) >= 11 is 0.